The molecule has 3 rings (SSSR count). The maximum atomic E-state index is 5.39. The number of piperidine rings is 1. The second-order valence-electron chi connectivity index (χ2n) is 4.09. The molecule has 3 heterocycles. The van der Waals surface area contributed by atoms with Crippen LogP contribution in [-0.2, 0) is 9.57 Å². The minimum Gasteiger partial charge on any atom is -0.482 e. The number of hydrogen-bond donors (Lipinski definition) is 1. The van der Waals surface area contributed by atoms with Crippen LogP contribution in [0.25, 0.3) is 0 Å². The SMILES string of the molecule is COC1=NOC2C3CCC(CC12)N3. The minimum atomic E-state index is 0.230. The van der Waals surface area contributed by atoms with E-state index in [2.05, 4.69) is 10.5 Å². The highest BCUT2D eigenvalue weighted by Crippen LogP contribution is 2.37. The number of hydrogen-bond acceptors (Lipinski definition) is 4. The Balaban J connectivity index is 1.84. The smallest absolute Gasteiger partial charge is 0.232 e. The van der Waals surface area contributed by atoms with E-state index in [0.29, 0.717) is 18.0 Å². The maximum absolute atomic E-state index is 5.39. The second kappa shape index (κ2) is 2.61. The molecular weight excluding hydrogens is 168 g/mol. The van der Waals surface area contributed by atoms with Gasteiger partial charge in [-0.05, 0) is 19.3 Å². The van der Waals surface area contributed by atoms with Crippen LogP contribution >= 0.6 is 0 Å². The van der Waals surface area contributed by atoms with Crippen LogP contribution in [0.4, 0.5) is 0 Å². The Kier molecular flexibility index (Phi) is 1.53. The number of ether oxygens (including phenoxy) is 1. The van der Waals surface area contributed by atoms with E-state index in [-0.39, 0.29) is 6.10 Å². The lowest BCUT2D eigenvalue weighted by Gasteiger charge is -2.30. The molecule has 4 nitrogen and oxygen atoms in total. The zero-order valence-corrected chi connectivity index (χ0v) is 7.69. The highest BCUT2D eigenvalue weighted by Gasteiger charge is 2.49. The fourth-order valence-electron chi connectivity index (χ4n) is 2.77. The first-order valence-electron chi connectivity index (χ1n) is 4.92. The first kappa shape index (κ1) is 7.62. The number of rotatable bonds is 0. The number of oxime groups is 1. The first-order chi connectivity index (χ1) is 6.38. The number of nitrogens with zero attached hydrogens (tertiary/aromatic N) is 1. The average Bonchev–Trinajstić information content (AvgIpc) is 2.72. The zero-order chi connectivity index (χ0) is 8.84. The summed E-state index contributed by atoms with van der Waals surface area (Å²) in [5, 5.41) is 7.52. The molecule has 3 aliphatic heterocycles. The molecule has 0 radical (unpaired) electrons. The van der Waals surface area contributed by atoms with Crippen LogP contribution in [0.3, 0.4) is 0 Å². The van der Waals surface area contributed by atoms with Gasteiger partial charge in [0.25, 0.3) is 0 Å². The third kappa shape index (κ3) is 0.981. The van der Waals surface area contributed by atoms with E-state index in [4.69, 9.17) is 9.57 Å². The lowest BCUT2D eigenvalue weighted by atomic mass is 9.90. The molecule has 0 aromatic rings. The molecule has 13 heavy (non-hydrogen) atoms. The van der Waals surface area contributed by atoms with Crippen LogP contribution in [-0.4, -0.2) is 31.2 Å². The zero-order valence-electron chi connectivity index (χ0n) is 7.69. The molecular formula is C9H14N2O2. The van der Waals surface area contributed by atoms with Gasteiger partial charge in [0.2, 0.25) is 5.90 Å². The van der Waals surface area contributed by atoms with Gasteiger partial charge < -0.3 is 14.9 Å². The molecule has 4 heteroatoms. The van der Waals surface area contributed by atoms with E-state index in [1.54, 1.807) is 7.11 Å². The fraction of sp³-hybridized carbons (Fsp3) is 0.889. The van der Waals surface area contributed by atoms with Crippen molar-refractivity contribution in [2.75, 3.05) is 7.11 Å². The van der Waals surface area contributed by atoms with Crippen molar-refractivity contribution in [3.8, 4) is 0 Å². The summed E-state index contributed by atoms with van der Waals surface area (Å²) in [6.07, 6.45) is 3.85. The van der Waals surface area contributed by atoms with Crippen molar-refractivity contribution in [3.63, 3.8) is 0 Å². The number of methoxy groups -OCH3 is 1. The molecule has 1 N–H and O–H groups in total. The maximum Gasteiger partial charge on any atom is 0.232 e. The topological polar surface area (TPSA) is 42.9 Å². The molecule has 4 unspecified atom stereocenters. The molecule has 0 aromatic heterocycles. The van der Waals surface area contributed by atoms with Gasteiger partial charge in [-0.2, -0.15) is 0 Å². The van der Waals surface area contributed by atoms with Crippen molar-refractivity contribution in [2.24, 2.45) is 11.1 Å². The molecule has 2 bridgehead atoms. The summed E-state index contributed by atoms with van der Waals surface area (Å²) < 4.78 is 5.20. The van der Waals surface area contributed by atoms with Crippen molar-refractivity contribution in [1.29, 1.82) is 0 Å². The van der Waals surface area contributed by atoms with E-state index in [1.807, 2.05) is 0 Å². The summed E-state index contributed by atoms with van der Waals surface area (Å²) in [6.45, 7) is 0. The Hall–Kier alpha value is -0.770. The third-order valence-corrected chi connectivity index (χ3v) is 3.40. The van der Waals surface area contributed by atoms with Gasteiger partial charge in [-0.25, -0.2) is 0 Å². The number of nitrogens with one attached hydrogen (secondary N) is 1. The van der Waals surface area contributed by atoms with E-state index >= 15 is 0 Å². The van der Waals surface area contributed by atoms with Gasteiger partial charge in [0.1, 0.15) is 0 Å². The quantitative estimate of drug-likeness (QED) is 0.592. The molecule has 0 aromatic carbocycles. The molecule has 2 saturated heterocycles. The van der Waals surface area contributed by atoms with Crippen LogP contribution in [0.1, 0.15) is 19.3 Å². The van der Waals surface area contributed by atoms with Crippen LogP contribution < -0.4 is 5.32 Å². The third-order valence-electron chi connectivity index (χ3n) is 3.40. The number of fused-ring (bicyclic) bond motifs is 4. The summed E-state index contributed by atoms with van der Waals surface area (Å²) in [7, 11) is 1.68. The molecule has 3 aliphatic rings. The van der Waals surface area contributed by atoms with Gasteiger partial charge in [-0.3, -0.25) is 0 Å². The molecule has 72 valence electrons. The molecule has 4 atom stereocenters. The van der Waals surface area contributed by atoms with E-state index < -0.39 is 0 Å². The van der Waals surface area contributed by atoms with Crippen molar-refractivity contribution in [3.05, 3.63) is 0 Å². The Morgan fingerprint density at radius 2 is 2.46 bits per heavy atom. The first-order valence-corrected chi connectivity index (χ1v) is 4.92. The van der Waals surface area contributed by atoms with Crippen LogP contribution in [0.2, 0.25) is 0 Å². The summed E-state index contributed by atoms with van der Waals surface area (Å²) in [5.41, 5.74) is 0. The molecule has 2 fully saturated rings. The van der Waals surface area contributed by atoms with Gasteiger partial charge in [0, 0.05) is 12.1 Å². The summed E-state index contributed by atoms with van der Waals surface area (Å²) in [6, 6.07) is 1.16. The van der Waals surface area contributed by atoms with Gasteiger partial charge in [-0.1, -0.05) is 5.16 Å². The summed E-state index contributed by atoms with van der Waals surface area (Å²) in [4.78, 5) is 5.39. The van der Waals surface area contributed by atoms with Gasteiger partial charge in [0.05, 0.1) is 13.0 Å². The minimum absolute atomic E-state index is 0.230. The van der Waals surface area contributed by atoms with E-state index in [1.165, 1.54) is 12.8 Å². The van der Waals surface area contributed by atoms with E-state index in [9.17, 15) is 0 Å². The van der Waals surface area contributed by atoms with Crippen molar-refractivity contribution in [1.82, 2.24) is 5.32 Å². The Labute approximate surface area is 77.3 Å². The van der Waals surface area contributed by atoms with Gasteiger partial charge in [0.15, 0.2) is 6.10 Å². The van der Waals surface area contributed by atoms with Crippen molar-refractivity contribution < 1.29 is 9.57 Å². The molecule has 0 spiro atoms. The predicted molar refractivity (Wildman–Crippen MR) is 47.4 cm³/mol. The Bertz CT molecular complexity index is 254. The molecule has 0 saturated carbocycles. The standard InChI is InChI=1S/C9H14N2O2/c1-12-9-6-4-5-2-3-7(10-5)8(6)13-11-9/h5-8,10H,2-4H2,1H3. The largest absolute Gasteiger partial charge is 0.482 e. The van der Waals surface area contributed by atoms with Crippen LogP contribution in [0, 0.1) is 5.92 Å². The van der Waals surface area contributed by atoms with Crippen molar-refractivity contribution in [2.45, 2.75) is 37.5 Å². The van der Waals surface area contributed by atoms with Crippen LogP contribution in [0.15, 0.2) is 5.16 Å². The molecule has 0 amide bonds. The van der Waals surface area contributed by atoms with Gasteiger partial charge in [-0.15, -0.1) is 0 Å². The van der Waals surface area contributed by atoms with Gasteiger partial charge >= 0.3 is 0 Å². The Morgan fingerprint density at radius 1 is 1.54 bits per heavy atom. The van der Waals surface area contributed by atoms with E-state index in [0.717, 1.165) is 12.3 Å². The normalized spacial score (nSPS) is 46.7. The van der Waals surface area contributed by atoms with Crippen molar-refractivity contribution >= 4 is 5.90 Å². The average molecular weight is 182 g/mol. The lowest BCUT2D eigenvalue weighted by Crippen LogP contribution is -2.49. The fourth-order valence-corrected chi connectivity index (χ4v) is 2.77. The molecule has 0 aliphatic carbocycles. The summed E-state index contributed by atoms with van der Waals surface area (Å²) >= 11 is 0. The lowest BCUT2D eigenvalue weighted by molar-refractivity contribution is 0.0216. The summed E-state index contributed by atoms with van der Waals surface area (Å²) in [5.74, 6) is 1.20. The van der Waals surface area contributed by atoms with Crippen LogP contribution in [0.5, 0.6) is 0 Å². The highest BCUT2D eigenvalue weighted by molar-refractivity contribution is 5.80. The highest BCUT2D eigenvalue weighted by atomic mass is 16.7. The Morgan fingerprint density at radius 3 is 3.31 bits per heavy atom. The monoisotopic (exact) mass is 182 g/mol. The predicted octanol–water partition coefficient (Wildman–Crippen LogP) is 0.486. The second-order valence-corrected chi connectivity index (χ2v) is 4.09.